The number of aromatic nitrogens is 4. The second-order valence-electron chi connectivity index (χ2n) is 5.60. The number of benzene rings is 1. The minimum Gasteiger partial charge on any atom is -0.383 e. The van der Waals surface area contributed by atoms with E-state index in [4.69, 9.17) is 22.4 Å². The van der Waals surface area contributed by atoms with Crippen molar-refractivity contribution in [3.8, 4) is 11.3 Å². The van der Waals surface area contributed by atoms with Crippen LogP contribution in [0.5, 0.6) is 0 Å². The second-order valence-corrected chi connectivity index (χ2v) is 6.03. The van der Waals surface area contributed by atoms with Crippen molar-refractivity contribution < 1.29 is 0 Å². The zero-order valence-corrected chi connectivity index (χ0v) is 13.9. The van der Waals surface area contributed by atoms with Gasteiger partial charge in [0.05, 0.1) is 5.39 Å². The number of anilines is 1. The summed E-state index contributed by atoms with van der Waals surface area (Å²) >= 11 is 5.98. The van der Waals surface area contributed by atoms with Crippen molar-refractivity contribution in [2.24, 2.45) is 0 Å². The van der Waals surface area contributed by atoms with E-state index in [2.05, 4.69) is 16.9 Å². The molecule has 0 aliphatic rings. The molecule has 3 rings (SSSR count). The number of nitrogens with two attached hydrogens (primary N) is 1. The van der Waals surface area contributed by atoms with Gasteiger partial charge in [0.15, 0.2) is 5.65 Å². The summed E-state index contributed by atoms with van der Waals surface area (Å²) in [6.07, 6.45) is 6.21. The highest BCUT2D eigenvalue weighted by Gasteiger charge is 2.16. The predicted octanol–water partition coefficient (Wildman–Crippen LogP) is 4.31. The van der Waals surface area contributed by atoms with E-state index >= 15 is 0 Å². The molecule has 5 nitrogen and oxygen atoms in total. The summed E-state index contributed by atoms with van der Waals surface area (Å²) in [6.45, 7) is 3.04. The standard InChI is InChI=1S/C17H20ClN5/c1-2-3-4-5-10-23-17-14(16(19)20-11-21-17)15(22-23)12-6-8-13(18)9-7-12/h6-9,11H,2-5,10H2,1H3,(H2,19,20,21). The van der Waals surface area contributed by atoms with Gasteiger partial charge < -0.3 is 5.73 Å². The zero-order chi connectivity index (χ0) is 16.2. The molecule has 0 spiro atoms. The molecular formula is C17H20ClN5. The van der Waals surface area contributed by atoms with Crippen LogP contribution in [0, 0.1) is 0 Å². The van der Waals surface area contributed by atoms with E-state index in [1.807, 2.05) is 28.9 Å². The smallest absolute Gasteiger partial charge is 0.163 e. The third-order valence-electron chi connectivity index (χ3n) is 3.90. The van der Waals surface area contributed by atoms with Crippen molar-refractivity contribution in [3.63, 3.8) is 0 Å². The van der Waals surface area contributed by atoms with Crippen LogP contribution in [-0.4, -0.2) is 19.7 Å². The fourth-order valence-corrected chi connectivity index (χ4v) is 2.81. The summed E-state index contributed by atoms with van der Waals surface area (Å²) in [5, 5.41) is 6.24. The van der Waals surface area contributed by atoms with E-state index in [1.54, 1.807) is 0 Å². The third kappa shape index (κ3) is 3.29. The third-order valence-corrected chi connectivity index (χ3v) is 4.15. The van der Waals surface area contributed by atoms with Crippen molar-refractivity contribution >= 4 is 28.5 Å². The lowest BCUT2D eigenvalue weighted by atomic mass is 10.1. The Morgan fingerprint density at radius 2 is 1.87 bits per heavy atom. The normalized spacial score (nSPS) is 11.2. The maximum atomic E-state index is 6.08. The molecule has 2 N–H and O–H groups in total. The Morgan fingerprint density at radius 3 is 2.61 bits per heavy atom. The summed E-state index contributed by atoms with van der Waals surface area (Å²) in [6, 6.07) is 7.59. The van der Waals surface area contributed by atoms with E-state index in [1.165, 1.54) is 25.6 Å². The molecule has 23 heavy (non-hydrogen) atoms. The van der Waals surface area contributed by atoms with Crippen LogP contribution in [0.25, 0.3) is 22.3 Å². The van der Waals surface area contributed by atoms with E-state index in [0.717, 1.165) is 35.3 Å². The highest BCUT2D eigenvalue weighted by Crippen LogP contribution is 2.30. The molecule has 0 saturated carbocycles. The predicted molar refractivity (Wildman–Crippen MR) is 94.3 cm³/mol. The fraction of sp³-hybridized carbons (Fsp3) is 0.353. The molecule has 0 aliphatic carbocycles. The first-order chi connectivity index (χ1) is 11.2. The van der Waals surface area contributed by atoms with Gasteiger partial charge >= 0.3 is 0 Å². The van der Waals surface area contributed by atoms with Gasteiger partial charge in [-0.1, -0.05) is 49.9 Å². The number of nitrogens with zero attached hydrogens (tertiary/aromatic N) is 4. The number of rotatable bonds is 6. The number of halogens is 1. The molecule has 0 unspecified atom stereocenters. The van der Waals surface area contributed by atoms with Gasteiger partial charge in [0.2, 0.25) is 0 Å². The van der Waals surface area contributed by atoms with Crippen molar-refractivity contribution in [3.05, 3.63) is 35.6 Å². The average molecular weight is 330 g/mol. The molecule has 2 aromatic heterocycles. The van der Waals surface area contributed by atoms with Gasteiger partial charge in [0, 0.05) is 17.1 Å². The molecule has 0 atom stereocenters. The van der Waals surface area contributed by atoms with Crippen LogP contribution in [0.3, 0.4) is 0 Å². The Hall–Kier alpha value is -2.14. The van der Waals surface area contributed by atoms with Gasteiger partial charge in [0.1, 0.15) is 17.8 Å². The molecule has 0 fully saturated rings. The van der Waals surface area contributed by atoms with Crippen molar-refractivity contribution in [2.75, 3.05) is 5.73 Å². The first-order valence-electron chi connectivity index (χ1n) is 7.93. The number of nitrogen functional groups attached to an aromatic ring is 1. The summed E-state index contributed by atoms with van der Waals surface area (Å²) < 4.78 is 1.94. The van der Waals surface area contributed by atoms with E-state index < -0.39 is 0 Å². The van der Waals surface area contributed by atoms with Crippen LogP contribution in [-0.2, 0) is 6.54 Å². The van der Waals surface area contributed by atoms with Crippen LogP contribution in [0.2, 0.25) is 5.02 Å². The lowest BCUT2D eigenvalue weighted by Crippen LogP contribution is -2.02. The molecule has 3 aromatic rings. The van der Waals surface area contributed by atoms with Crippen LogP contribution < -0.4 is 5.73 Å². The molecular weight excluding hydrogens is 310 g/mol. The Morgan fingerprint density at radius 1 is 1.09 bits per heavy atom. The van der Waals surface area contributed by atoms with Gasteiger partial charge in [-0.2, -0.15) is 5.10 Å². The molecule has 0 radical (unpaired) electrons. The number of hydrogen-bond donors (Lipinski definition) is 1. The van der Waals surface area contributed by atoms with Gasteiger partial charge in [-0.05, 0) is 18.6 Å². The highest BCUT2D eigenvalue weighted by molar-refractivity contribution is 6.30. The Kier molecular flexibility index (Phi) is 4.76. The Bertz CT molecular complexity index is 795. The van der Waals surface area contributed by atoms with Gasteiger partial charge in [-0.3, -0.25) is 0 Å². The summed E-state index contributed by atoms with van der Waals surface area (Å²) in [7, 11) is 0. The monoisotopic (exact) mass is 329 g/mol. The van der Waals surface area contributed by atoms with Crippen molar-refractivity contribution in [1.29, 1.82) is 0 Å². The van der Waals surface area contributed by atoms with Crippen LogP contribution in [0.4, 0.5) is 5.82 Å². The second kappa shape index (κ2) is 6.96. The first kappa shape index (κ1) is 15.7. The molecule has 0 bridgehead atoms. The zero-order valence-electron chi connectivity index (χ0n) is 13.2. The topological polar surface area (TPSA) is 69.6 Å². The van der Waals surface area contributed by atoms with E-state index in [0.29, 0.717) is 10.8 Å². The number of hydrogen-bond acceptors (Lipinski definition) is 4. The fourth-order valence-electron chi connectivity index (χ4n) is 2.68. The summed E-state index contributed by atoms with van der Waals surface area (Å²) in [4.78, 5) is 8.51. The minimum absolute atomic E-state index is 0.458. The molecule has 0 amide bonds. The van der Waals surface area contributed by atoms with Gasteiger partial charge in [0.25, 0.3) is 0 Å². The molecule has 0 saturated heterocycles. The molecule has 1 aromatic carbocycles. The van der Waals surface area contributed by atoms with Gasteiger partial charge in [-0.25, -0.2) is 14.6 Å². The maximum Gasteiger partial charge on any atom is 0.163 e. The van der Waals surface area contributed by atoms with Crippen LogP contribution >= 0.6 is 11.6 Å². The van der Waals surface area contributed by atoms with Gasteiger partial charge in [-0.15, -0.1) is 0 Å². The molecule has 120 valence electrons. The number of unbranched alkanes of at least 4 members (excludes halogenated alkanes) is 3. The van der Waals surface area contributed by atoms with E-state index in [-0.39, 0.29) is 0 Å². The van der Waals surface area contributed by atoms with Crippen LogP contribution in [0.15, 0.2) is 30.6 Å². The lowest BCUT2D eigenvalue weighted by Gasteiger charge is -2.02. The number of aryl methyl sites for hydroxylation is 1. The van der Waals surface area contributed by atoms with Crippen molar-refractivity contribution in [2.45, 2.75) is 39.2 Å². The van der Waals surface area contributed by atoms with E-state index in [9.17, 15) is 0 Å². The Labute approximate surface area is 140 Å². The highest BCUT2D eigenvalue weighted by atomic mass is 35.5. The Balaban J connectivity index is 2.02. The van der Waals surface area contributed by atoms with Crippen molar-refractivity contribution in [1.82, 2.24) is 19.7 Å². The first-order valence-corrected chi connectivity index (χ1v) is 8.31. The average Bonchev–Trinajstić information content (AvgIpc) is 2.93. The lowest BCUT2D eigenvalue weighted by molar-refractivity contribution is 0.551. The SMILES string of the molecule is CCCCCCn1nc(-c2ccc(Cl)cc2)c2c(N)ncnc21. The van der Waals surface area contributed by atoms with Crippen LogP contribution in [0.1, 0.15) is 32.6 Å². The summed E-state index contributed by atoms with van der Waals surface area (Å²) in [5.74, 6) is 0.458. The maximum absolute atomic E-state index is 6.08. The molecule has 6 heteroatoms. The quantitative estimate of drug-likeness (QED) is 0.684. The largest absolute Gasteiger partial charge is 0.383 e. The number of fused-ring (bicyclic) bond motifs is 1. The molecule has 0 aliphatic heterocycles. The summed E-state index contributed by atoms with van der Waals surface area (Å²) in [5.41, 5.74) is 8.65. The molecule has 2 heterocycles. The minimum atomic E-state index is 0.458.